The third-order valence-electron chi connectivity index (χ3n) is 3.11. The minimum absolute atomic E-state index is 0.177. The predicted molar refractivity (Wildman–Crippen MR) is 78.1 cm³/mol. The molecule has 0 aromatic heterocycles. The third-order valence-corrected chi connectivity index (χ3v) is 3.34. The number of aliphatic imine (C=N–C) groups is 1. The molecule has 0 radical (unpaired) electrons. The van der Waals surface area contributed by atoms with Crippen LogP contribution in [0.1, 0.15) is 11.1 Å². The standard InChI is InChI=1S/C15H10ClFN2O2/c16-8-5-6-12-10(7-8)13(19-15(21)14(20)18-12)9-3-1-2-4-11(9)17/h1-7,15,21H,(H,18,20). The van der Waals surface area contributed by atoms with Crippen LogP contribution in [0, 0.1) is 5.82 Å². The van der Waals surface area contributed by atoms with E-state index in [1.165, 1.54) is 12.1 Å². The van der Waals surface area contributed by atoms with Crippen LogP contribution in [-0.4, -0.2) is 23.0 Å². The summed E-state index contributed by atoms with van der Waals surface area (Å²) in [6.07, 6.45) is -1.61. The topological polar surface area (TPSA) is 61.7 Å². The molecule has 2 aromatic rings. The average Bonchev–Trinajstić information content (AvgIpc) is 2.58. The van der Waals surface area contributed by atoms with Crippen LogP contribution in [0.3, 0.4) is 0 Å². The highest BCUT2D eigenvalue weighted by Gasteiger charge is 2.25. The number of anilines is 1. The van der Waals surface area contributed by atoms with Crippen molar-refractivity contribution in [3.63, 3.8) is 0 Å². The van der Waals surface area contributed by atoms with E-state index in [9.17, 15) is 14.3 Å². The number of benzene rings is 2. The summed E-state index contributed by atoms with van der Waals surface area (Å²) < 4.78 is 14.0. The number of nitrogens with zero attached hydrogens (tertiary/aromatic N) is 1. The second kappa shape index (κ2) is 5.27. The van der Waals surface area contributed by atoms with Gasteiger partial charge in [-0.2, -0.15) is 0 Å². The first-order valence-corrected chi connectivity index (χ1v) is 6.55. The SMILES string of the molecule is O=C1Nc2ccc(Cl)cc2C(c2ccccc2F)=NC1O. The number of hydrogen-bond donors (Lipinski definition) is 2. The maximum Gasteiger partial charge on any atom is 0.276 e. The lowest BCUT2D eigenvalue weighted by atomic mass is 10.00. The summed E-state index contributed by atoms with van der Waals surface area (Å²) >= 11 is 5.97. The van der Waals surface area contributed by atoms with Gasteiger partial charge in [0.2, 0.25) is 6.23 Å². The molecule has 1 amide bonds. The molecule has 1 atom stereocenters. The van der Waals surface area contributed by atoms with Crippen molar-refractivity contribution >= 4 is 28.9 Å². The van der Waals surface area contributed by atoms with Crippen LogP contribution in [0.5, 0.6) is 0 Å². The number of aliphatic hydroxyl groups excluding tert-OH is 1. The van der Waals surface area contributed by atoms with Gasteiger partial charge in [-0.15, -0.1) is 0 Å². The van der Waals surface area contributed by atoms with E-state index >= 15 is 0 Å². The van der Waals surface area contributed by atoms with Crippen LogP contribution in [0.4, 0.5) is 10.1 Å². The van der Waals surface area contributed by atoms with Crippen LogP contribution < -0.4 is 5.32 Å². The van der Waals surface area contributed by atoms with Crippen LogP contribution in [0.2, 0.25) is 5.02 Å². The first-order chi connectivity index (χ1) is 10.1. The summed E-state index contributed by atoms with van der Waals surface area (Å²) in [4.78, 5) is 15.7. The number of carbonyl (C=O) groups excluding carboxylic acids is 1. The highest BCUT2D eigenvalue weighted by molar-refractivity contribution is 6.32. The van der Waals surface area contributed by atoms with Crippen molar-refractivity contribution in [3.05, 3.63) is 64.4 Å². The van der Waals surface area contributed by atoms with Gasteiger partial charge in [0.25, 0.3) is 5.91 Å². The minimum atomic E-state index is -1.61. The largest absolute Gasteiger partial charge is 0.364 e. The third kappa shape index (κ3) is 2.53. The molecule has 1 aliphatic heterocycles. The molecule has 0 fully saturated rings. The van der Waals surface area contributed by atoms with E-state index in [-0.39, 0.29) is 11.3 Å². The minimum Gasteiger partial charge on any atom is -0.364 e. The molecule has 6 heteroatoms. The Morgan fingerprint density at radius 2 is 1.95 bits per heavy atom. The number of nitrogens with one attached hydrogen (secondary N) is 1. The van der Waals surface area contributed by atoms with Crippen molar-refractivity contribution in [1.82, 2.24) is 0 Å². The molecule has 0 aliphatic carbocycles. The molecule has 1 unspecified atom stereocenters. The molecule has 3 rings (SSSR count). The smallest absolute Gasteiger partial charge is 0.276 e. The fourth-order valence-electron chi connectivity index (χ4n) is 2.14. The number of halogens is 2. The van der Waals surface area contributed by atoms with E-state index in [1.807, 2.05) is 0 Å². The molecule has 1 aliphatic rings. The Labute approximate surface area is 124 Å². The number of benzodiazepines with no additional fused rings is 1. The summed E-state index contributed by atoms with van der Waals surface area (Å²) in [7, 11) is 0. The van der Waals surface area contributed by atoms with Crippen molar-refractivity contribution in [2.24, 2.45) is 4.99 Å². The Bertz CT molecular complexity index is 761. The highest BCUT2D eigenvalue weighted by atomic mass is 35.5. The van der Waals surface area contributed by atoms with Gasteiger partial charge in [0.15, 0.2) is 0 Å². The van der Waals surface area contributed by atoms with Gasteiger partial charge in [-0.05, 0) is 30.3 Å². The zero-order chi connectivity index (χ0) is 15.0. The van der Waals surface area contributed by atoms with Crippen molar-refractivity contribution in [1.29, 1.82) is 0 Å². The van der Waals surface area contributed by atoms with Crippen LogP contribution in [0.15, 0.2) is 47.5 Å². The molecule has 2 aromatic carbocycles. The Kier molecular flexibility index (Phi) is 3.45. The molecule has 0 spiro atoms. The van der Waals surface area contributed by atoms with E-state index in [0.717, 1.165) is 0 Å². The zero-order valence-corrected chi connectivity index (χ0v) is 11.4. The fraction of sp³-hybridized carbons (Fsp3) is 0.0667. The van der Waals surface area contributed by atoms with Crippen LogP contribution in [-0.2, 0) is 4.79 Å². The van der Waals surface area contributed by atoms with E-state index < -0.39 is 18.0 Å². The first kappa shape index (κ1) is 13.7. The zero-order valence-electron chi connectivity index (χ0n) is 10.7. The van der Waals surface area contributed by atoms with Gasteiger partial charge in [-0.1, -0.05) is 23.7 Å². The van der Waals surface area contributed by atoms with Gasteiger partial charge in [-0.3, -0.25) is 4.79 Å². The Balaban J connectivity index is 2.27. The molecule has 106 valence electrons. The van der Waals surface area contributed by atoms with E-state index in [1.54, 1.807) is 30.3 Å². The van der Waals surface area contributed by atoms with Gasteiger partial charge in [0, 0.05) is 16.1 Å². The van der Waals surface area contributed by atoms with Gasteiger partial charge < -0.3 is 10.4 Å². The summed E-state index contributed by atoms with van der Waals surface area (Å²) in [6.45, 7) is 0. The van der Waals surface area contributed by atoms with Crippen LogP contribution in [0.25, 0.3) is 0 Å². The van der Waals surface area contributed by atoms with E-state index in [2.05, 4.69) is 10.3 Å². The van der Waals surface area contributed by atoms with E-state index in [0.29, 0.717) is 16.3 Å². The summed E-state index contributed by atoms with van der Waals surface area (Å²) in [5, 5.41) is 12.7. The molecule has 0 bridgehead atoms. The lowest BCUT2D eigenvalue weighted by Crippen LogP contribution is -2.24. The molecule has 0 saturated carbocycles. The molecule has 4 nitrogen and oxygen atoms in total. The average molecular weight is 305 g/mol. The maximum absolute atomic E-state index is 14.0. The van der Waals surface area contributed by atoms with Crippen molar-refractivity contribution in [2.75, 3.05) is 5.32 Å². The lowest BCUT2D eigenvalue weighted by molar-refractivity contribution is -0.123. The number of amides is 1. The number of aliphatic hydroxyl groups is 1. The molecular weight excluding hydrogens is 295 g/mol. The molecular formula is C15H10ClFN2O2. The second-order valence-corrected chi connectivity index (χ2v) is 4.95. The molecule has 2 N–H and O–H groups in total. The number of carbonyl (C=O) groups is 1. The van der Waals surface area contributed by atoms with Gasteiger partial charge in [0.1, 0.15) is 5.82 Å². The quantitative estimate of drug-likeness (QED) is 0.850. The van der Waals surface area contributed by atoms with E-state index in [4.69, 9.17) is 11.6 Å². The van der Waals surface area contributed by atoms with Gasteiger partial charge >= 0.3 is 0 Å². The van der Waals surface area contributed by atoms with Crippen LogP contribution >= 0.6 is 11.6 Å². The van der Waals surface area contributed by atoms with Gasteiger partial charge in [-0.25, -0.2) is 9.38 Å². The lowest BCUT2D eigenvalue weighted by Gasteiger charge is -2.10. The normalized spacial score (nSPS) is 17.6. The number of hydrogen-bond acceptors (Lipinski definition) is 3. The summed E-state index contributed by atoms with van der Waals surface area (Å²) in [5.74, 6) is -1.17. The first-order valence-electron chi connectivity index (χ1n) is 6.18. The summed E-state index contributed by atoms with van der Waals surface area (Å²) in [6, 6.07) is 10.8. The number of rotatable bonds is 1. The number of fused-ring (bicyclic) bond motifs is 1. The maximum atomic E-state index is 14.0. The second-order valence-electron chi connectivity index (χ2n) is 4.51. The predicted octanol–water partition coefficient (Wildman–Crippen LogP) is 2.59. The molecule has 21 heavy (non-hydrogen) atoms. The summed E-state index contributed by atoms with van der Waals surface area (Å²) in [5.41, 5.74) is 1.24. The monoisotopic (exact) mass is 304 g/mol. The van der Waals surface area contributed by atoms with Gasteiger partial charge in [0.05, 0.1) is 11.4 Å². The Morgan fingerprint density at radius 1 is 1.19 bits per heavy atom. The molecule has 1 heterocycles. The van der Waals surface area contributed by atoms with Crippen molar-refractivity contribution in [3.8, 4) is 0 Å². The fourth-order valence-corrected chi connectivity index (χ4v) is 2.31. The van der Waals surface area contributed by atoms with Crippen molar-refractivity contribution < 1.29 is 14.3 Å². The Hall–Kier alpha value is -2.24. The highest BCUT2D eigenvalue weighted by Crippen LogP contribution is 2.27. The Morgan fingerprint density at radius 3 is 2.71 bits per heavy atom. The molecule has 0 saturated heterocycles. The van der Waals surface area contributed by atoms with Crippen molar-refractivity contribution in [2.45, 2.75) is 6.23 Å².